The fourth-order valence-electron chi connectivity index (χ4n) is 2.21. The van der Waals surface area contributed by atoms with Gasteiger partial charge >= 0.3 is 0 Å². The smallest absolute Gasteiger partial charge is 0.0843 e. The molecule has 0 unspecified atom stereocenters. The Morgan fingerprint density at radius 3 is 2.72 bits per heavy atom. The van der Waals surface area contributed by atoms with Crippen LogP contribution < -0.4 is 5.32 Å². The van der Waals surface area contributed by atoms with Crippen LogP contribution in [0.25, 0.3) is 0 Å². The minimum Gasteiger partial charge on any atom is -0.311 e. The standard InChI is InChI=1S/C13H20Br2N2S/c1-10-2-5-17(6-3-10)7-4-16-9-11-8-12(14)13(15)18-11/h8,10,16H,2-7,9H2,1H3. The summed E-state index contributed by atoms with van der Waals surface area (Å²) >= 11 is 8.84. The summed E-state index contributed by atoms with van der Waals surface area (Å²) in [5.74, 6) is 0.926. The molecule has 0 aromatic carbocycles. The van der Waals surface area contributed by atoms with Crippen molar-refractivity contribution in [1.29, 1.82) is 0 Å². The third-order valence-corrected chi connectivity index (χ3v) is 6.73. The second-order valence-corrected chi connectivity index (χ2v) is 8.34. The highest BCUT2D eigenvalue weighted by molar-refractivity contribution is 9.13. The Kier molecular flexibility index (Phi) is 6.15. The van der Waals surface area contributed by atoms with Crippen LogP contribution in [0.15, 0.2) is 14.3 Å². The van der Waals surface area contributed by atoms with Crippen molar-refractivity contribution in [2.45, 2.75) is 26.3 Å². The van der Waals surface area contributed by atoms with E-state index in [1.54, 1.807) is 11.3 Å². The van der Waals surface area contributed by atoms with Crippen LogP contribution in [0.1, 0.15) is 24.6 Å². The molecule has 1 aliphatic heterocycles. The molecule has 0 radical (unpaired) electrons. The van der Waals surface area contributed by atoms with Crippen LogP contribution in [0, 0.1) is 5.92 Å². The molecule has 0 saturated carbocycles. The highest BCUT2D eigenvalue weighted by Crippen LogP contribution is 2.32. The Labute approximate surface area is 130 Å². The molecule has 1 N–H and O–H groups in total. The van der Waals surface area contributed by atoms with Gasteiger partial charge in [0.15, 0.2) is 0 Å². The number of nitrogens with zero attached hydrogens (tertiary/aromatic N) is 1. The van der Waals surface area contributed by atoms with Gasteiger partial charge in [0.2, 0.25) is 0 Å². The third-order valence-electron chi connectivity index (χ3n) is 3.48. The summed E-state index contributed by atoms with van der Waals surface area (Å²) < 4.78 is 2.35. The van der Waals surface area contributed by atoms with E-state index in [4.69, 9.17) is 0 Å². The summed E-state index contributed by atoms with van der Waals surface area (Å²) in [6, 6.07) is 2.18. The highest BCUT2D eigenvalue weighted by Gasteiger charge is 2.14. The van der Waals surface area contributed by atoms with Crippen LogP contribution in [0.4, 0.5) is 0 Å². The van der Waals surface area contributed by atoms with Crippen molar-refractivity contribution >= 4 is 43.2 Å². The quantitative estimate of drug-likeness (QED) is 0.755. The van der Waals surface area contributed by atoms with E-state index in [0.717, 1.165) is 23.5 Å². The molecule has 5 heteroatoms. The van der Waals surface area contributed by atoms with Crippen molar-refractivity contribution in [3.63, 3.8) is 0 Å². The van der Waals surface area contributed by atoms with Gasteiger partial charge in [-0.05, 0) is 69.8 Å². The van der Waals surface area contributed by atoms with Crippen LogP contribution in [0.5, 0.6) is 0 Å². The molecule has 18 heavy (non-hydrogen) atoms. The average molecular weight is 396 g/mol. The first-order valence-corrected chi connectivity index (χ1v) is 8.92. The molecule has 1 fully saturated rings. The number of likely N-dealkylation sites (tertiary alicyclic amines) is 1. The van der Waals surface area contributed by atoms with Crippen molar-refractivity contribution in [2.24, 2.45) is 5.92 Å². The number of piperidine rings is 1. The van der Waals surface area contributed by atoms with Gasteiger partial charge in [0.1, 0.15) is 0 Å². The monoisotopic (exact) mass is 394 g/mol. The molecule has 102 valence electrons. The highest BCUT2D eigenvalue weighted by atomic mass is 79.9. The molecule has 0 bridgehead atoms. The van der Waals surface area contributed by atoms with Gasteiger partial charge in [-0.2, -0.15) is 0 Å². The molecular weight excluding hydrogens is 376 g/mol. The van der Waals surface area contributed by atoms with E-state index in [1.165, 1.54) is 41.1 Å². The topological polar surface area (TPSA) is 15.3 Å². The maximum absolute atomic E-state index is 3.53. The lowest BCUT2D eigenvalue weighted by Crippen LogP contribution is -2.37. The summed E-state index contributed by atoms with van der Waals surface area (Å²) in [6.07, 6.45) is 2.73. The molecule has 2 rings (SSSR count). The van der Waals surface area contributed by atoms with Gasteiger partial charge < -0.3 is 10.2 Å². The second-order valence-electron chi connectivity index (χ2n) is 5.04. The van der Waals surface area contributed by atoms with E-state index >= 15 is 0 Å². The molecule has 1 aromatic rings. The fourth-order valence-corrected chi connectivity index (χ4v) is 4.36. The molecule has 1 saturated heterocycles. The number of thiophene rings is 1. The number of nitrogens with one attached hydrogen (secondary N) is 1. The van der Waals surface area contributed by atoms with E-state index in [0.29, 0.717) is 0 Å². The summed E-state index contributed by atoms with van der Waals surface area (Å²) in [7, 11) is 0. The van der Waals surface area contributed by atoms with Crippen molar-refractivity contribution in [2.75, 3.05) is 26.2 Å². The lowest BCUT2D eigenvalue weighted by Gasteiger charge is -2.30. The van der Waals surface area contributed by atoms with Gasteiger partial charge in [-0.25, -0.2) is 0 Å². The zero-order valence-corrected chi connectivity index (χ0v) is 14.7. The van der Waals surface area contributed by atoms with Gasteiger partial charge in [-0.3, -0.25) is 0 Å². The Morgan fingerprint density at radius 2 is 2.11 bits per heavy atom. The summed E-state index contributed by atoms with van der Waals surface area (Å²) in [4.78, 5) is 3.95. The fraction of sp³-hybridized carbons (Fsp3) is 0.692. The van der Waals surface area contributed by atoms with Crippen molar-refractivity contribution in [1.82, 2.24) is 10.2 Å². The molecule has 1 aliphatic rings. The molecular formula is C13H20Br2N2S. The summed E-state index contributed by atoms with van der Waals surface area (Å²) in [5.41, 5.74) is 0. The molecule has 2 heterocycles. The normalized spacial score (nSPS) is 18.4. The maximum atomic E-state index is 3.53. The Hall–Kier alpha value is 0.580. The lowest BCUT2D eigenvalue weighted by atomic mass is 9.99. The van der Waals surface area contributed by atoms with Gasteiger partial charge in [-0.1, -0.05) is 6.92 Å². The van der Waals surface area contributed by atoms with Gasteiger partial charge in [0, 0.05) is 29.0 Å². The SMILES string of the molecule is CC1CCN(CCNCc2cc(Br)c(Br)s2)CC1. The predicted molar refractivity (Wildman–Crippen MR) is 86.3 cm³/mol. The lowest BCUT2D eigenvalue weighted by molar-refractivity contribution is 0.193. The van der Waals surface area contributed by atoms with Gasteiger partial charge in [0.25, 0.3) is 0 Å². The molecule has 0 amide bonds. The minimum absolute atomic E-state index is 0.926. The third kappa shape index (κ3) is 4.60. The van der Waals surface area contributed by atoms with E-state index in [2.05, 4.69) is 55.1 Å². The van der Waals surface area contributed by atoms with E-state index in [9.17, 15) is 0 Å². The van der Waals surface area contributed by atoms with Crippen LogP contribution in [-0.2, 0) is 6.54 Å². The molecule has 0 atom stereocenters. The first-order valence-electron chi connectivity index (χ1n) is 6.52. The van der Waals surface area contributed by atoms with Crippen LogP contribution in [0.2, 0.25) is 0 Å². The Balaban J connectivity index is 1.61. The van der Waals surface area contributed by atoms with Gasteiger partial charge in [0.05, 0.1) is 3.79 Å². The first-order chi connectivity index (χ1) is 8.65. The van der Waals surface area contributed by atoms with Crippen LogP contribution in [-0.4, -0.2) is 31.1 Å². The van der Waals surface area contributed by atoms with E-state index < -0.39 is 0 Å². The molecule has 0 aliphatic carbocycles. The largest absolute Gasteiger partial charge is 0.311 e. The van der Waals surface area contributed by atoms with Crippen molar-refractivity contribution in [3.8, 4) is 0 Å². The Bertz CT molecular complexity index is 354. The van der Waals surface area contributed by atoms with Crippen LogP contribution >= 0.6 is 43.2 Å². The molecule has 2 nitrogen and oxygen atoms in total. The van der Waals surface area contributed by atoms with Crippen LogP contribution in [0.3, 0.4) is 0 Å². The van der Waals surface area contributed by atoms with E-state index in [-0.39, 0.29) is 0 Å². The predicted octanol–water partition coefficient (Wildman–Crippen LogP) is 4.09. The zero-order valence-electron chi connectivity index (χ0n) is 10.7. The number of halogens is 2. The molecule has 0 spiro atoms. The number of hydrogen-bond donors (Lipinski definition) is 1. The second kappa shape index (κ2) is 7.39. The number of rotatable bonds is 5. The average Bonchev–Trinajstić information content (AvgIpc) is 2.67. The first kappa shape index (κ1) is 15.0. The van der Waals surface area contributed by atoms with E-state index in [1.807, 2.05) is 0 Å². The molecule has 1 aromatic heterocycles. The minimum atomic E-state index is 0.926. The number of hydrogen-bond acceptors (Lipinski definition) is 3. The maximum Gasteiger partial charge on any atom is 0.0843 e. The van der Waals surface area contributed by atoms with Gasteiger partial charge in [-0.15, -0.1) is 11.3 Å². The van der Waals surface area contributed by atoms with Crippen molar-refractivity contribution < 1.29 is 0 Å². The summed E-state index contributed by atoms with van der Waals surface area (Å²) in [5, 5.41) is 3.53. The zero-order chi connectivity index (χ0) is 13.0. The Morgan fingerprint density at radius 1 is 1.39 bits per heavy atom. The van der Waals surface area contributed by atoms with Crippen molar-refractivity contribution in [3.05, 3.63) is 19.2 Å². The summed E-state index contributed by atoms with van der Waals surface area (Å²) in [6.45, 7) is 8.15.